The zero-order chi connectivity index (χ0) is 14.8. The van der Waals surface area contributed by atoms with Crippen LogP contribution in [0.4, 0.5) is 0 Å². The van der Waals surface area contributed by atoms with Gasteiger partial charge >= 0.3 is 0 Å². The molecule has 1 fully saturated rings. The van der Waals surface area contributed by atoms with E-state index in [1.54, 1.807) is 0 Å². The normalized spacial score (nSPS) is 15.4. The number of piperazine rings is 1. The summed E-state index contributed by atoms with van der Waals surface area (Å²) in [5.74, 6) is 0.125. The average Bonchev–Trinajstić information content (AvgIpc) is 2.53. The molecule has 2 heterocycles. The van der Waals surface area contributed by atoms with Crippen LogP contribution in [-0.2, 0) is 6.42 Å². The Hall–Kier alpha value is -1.94. The molecule has 2 aromatic rings. The zero-order valence-electron chi connectivity index (χ0n) is 12.6. The lowest BCUT2D eigenvalue weighted by molar-refractivity contribution is 0.0737. The van der Waals surface area contributed by atoms with Crippen molar-refractivity contribution in [3.05, 3.63) is 41.1 Å². The Morgan fingerprint density at radius 3 is 2.76 bits per heavy atom. The van der Waals surface area contributed by atoms with Gasteiger partial charge in [0.05, 0.1) is 11.1 Å². The van der Waals surface area contributed by atoms with Crippen molar-refractivity contribution in [1.29, 1.82) is 0 Å². The predicted octanol–water partition coefficient (Wildman–Crippen LogP) is 2.15. The van der Waals surface area contributed by atoms with Gasteiger partial charge in [0.1, 0.15) is 0 Å². The van der Waals surface area contributed by atoms with Crippen molar-refractivity contribution >= 4 is 16.8 Å². The molecule has 1 amide bonds. The lowest BCUT2D eigenvalue weighted by atomic mass is 10.0. The van der Waals surface area contributed by atoms with E-state index in [4.69, 9.17) is 0 Å². The summed E-state index contributed by atoms with van der Waals surface area (Å²) in [7, 11) is 0. The fraction of sp³-hybridized carbons (Fsp3) is 0.412. The first-order valence-electron chi connectivity index (χ1n) is 7.59. The molecule has 0 unspecified atom stereocenters. The molecule has 0 radical (unpaired) electrons. The summed E-state index contributed by atoms with van der Waals surface area (Å²) in [5, 5.41) is 4.26. The number of hydrogen-bond acceptors (Lipinski definition) is 3. The van der Waals surface area contributed by atoms with Gasteiger partial charge in [-0.2, -0.15) is 0 Å². The first-order valence-corrected chi connectivity index (χ1v) is 7.59. The highest BCUT2D eigenvalue weighted by molar-refractivity contribution is 6.06. The van der Waals surface area contributed by atoms with E-state index < -0.39 is 0 Å². The van der Waals surface area contributed by atoms with Gasteiger partial charge in [-0.1, -0.05) is 13.0 Å². The Labute approximate surface area is 125 Å². The monoisotopic (exact) mass is 283 g/mol. The van der Waals surface area contributed by atoms with Crippen LogP contribution in [0.2, 0.25) is 0 Å². The quantitative estimate of drug-likeness (QED) is 0.918. The number of nitrogens with one attached hydrogen (secondary N) is 1. The van der Waals surface area contributed by atoms with Gasteiger partial charge < -0.3 is 10.2 Å². The Morgan fingerprint density at radius 1 is 1.29 bits per heavy atom. The summed E-state index contributed by atoms with van der Waals surface area (Å²) in [6, 6.07) is 8.15. The van der Waals surface area contributed by atoms with Crippen LogP contribution in [0.25, 0.3) is 10.9 Å². The lowest BCUT2D eigenvalue weighted by Crippen LogP contribution is -2.46. The minimum absolute atomic E-state index is 0.125. The van der Waals surface area contributed by atoms with Crippen molar-refractivity contribution < 1.29 is 4.79 Å². The van der Waals surface area contributed by atoms with Crippen LogP contribution >= 0.6 is 0 Å². The molecule has 0 aliphatic carbocycles. The number of aromatic nitrogens is 1. The van der Waals surface area contributed by atoms with Crippen LogP contribution in [0.3, 0.4) is 0 Å². The maximum atomic E-state index is 12.8. The topological polar surface area (TPSA) is 45.2 Å². The van der Waals surface area contributed by atoms with Gasteiger partial charge in [0.25, 0.3) is 5.91 Å². The highest BCUT2D eigenvalue weighted by Gasteiger charge is 2.20. The molecule has 1 saturated heterocycles. The largest absolute Gasteiger partial charge is 0.336 e. The summed E-state index contributed by atoms with van der Waals surface area (Å²) in [5.41, 5.74) is 3.83. The SMILES string of the molecule is CCc1ccc2nc(C)cc(C(=O)N3CCNCC3)c2c1. The number of benzene rings is 1. The average molecular weight is 283 g/mol. The highest BCUT2D eigenvalue weighted by Crippen LogP contribution is 2.22. The maximum Gasteiger partial charge on any atom is 0.254 e. The molecule has 4 heteroatoms. The van der Waals surface area contributed by atoms with E-state index in [9.17, 15) is 4.79 Å². The van der Waals surface area contributed by atoms with Crippen molar-refractivity contribution in [3.8, 4) is 0 Å². The number of rotatable bonds is 2. The first-order chi connectivity index (χ1) is 10.2. The number of fused-ring (bicyclic) bond motifs is 1. The Morgan fingerprint density at radius 2 is 2.05 bits per heavy atom. The predicted molar refractivity (Wildman–Crippen MR) is 84.6 cm³/mol. The van der Waals surface area contributed by atoms with E-state index in [2.05, 4.69) is 29.4 Å². The van der Waals surface area contributed by atoms with Crippen LogP contribution in [0.15, 0.2) is 24.3 Å². The number of carbonyl (C=O) groups is 1. The van der Waals surface area contributed by atoms with Crippen LogP contribution < -0.4 is 5.32 Å². The fourth-order valence-corrected chi connectivity index (χ4v) is 2.84. The number of amides is 1. The van der Waals surface area contributed by atoms with Crippen LogP contribution in [0.5, 0.6) is 0 Å². The molecule has 0 bridgehead atoms. The van der Waals surface area contributed by atoms with Crippen LogP contribution in [-0.4, -0.2) is 42.0 Å². The van der Waals surface area contributed by atoms with Crippen molar-refractivity contribution in [2.24, 2.45) is 0 Å². The smallest absolute Gasteiger partial charge is 0.254 e. The molecule has 21 heavy (non-hydrogen) atoms. The van der Waals surface area contributed by atoms with Crippen molar-refractivity contribution in [2.45, 2.75) is 20.3 Å². The van der Waals surface area contributed by atoms with Crippen LogP contribution in [0, 0.1) is 6.92 Å². The molecule has 110 valence electrons. The lowest BCUT2D eigenvalue weighted by Gasteiger charge is -2.28. The van der Waals surface area contributed by atoms with Crippen LogP contribution in [0.1, 0.15) is 28.5 Å². The van der Waals surface area contributed by atoms with Crippen molar-refractivity contribution in [2.75, 3.05) is 26.2 Å². The van der Waals surface area contributed by atoms with E-state index >= 15 is 0 Å². The van der Waals surface area contributed by atoms with Gasteiger partial charge in [-0.3, -0.25) is 9.78 Å². The number of pyridine rings is 1. The number of aryl methyl sites for hydroxylation is 2. The molecule has 1 aromatic carbocycles. The third-order valence-electron chi connectivity index (χ3n) is 4.04. The third kappa shape index (κ3) is 2.76. The summed E-state index contributed by atoms with van der Waals surface area (Å²) >= 11 is 0. The minimum Gasteiger partial charge on any atom is -0.336 e. The van der Waals surface area contributed by atoms with Gasteiger partial charge in [0.2, 0.25) is 0 Å². The van der Waals surface area contributed by atoms with E-state index in [-0.39, 0.29) is 5.91 Å². The minimum atomic E-state index is 0.125. The highest BCUT2D eigenvalue weighted by atomic mass is 16.2. The second kappa shape index (κ2) is 5.82. The summed E-state index contributed by atoms with van der Waals surface area (Å²) < 4.78 is 0. The van der Waals surface area contributed by atoms with Gasteiger partial charge in [-0.15, -0.1) is 0 Å². The Kier molecular flexibility index (Phi) is 3.88. The van der Waals surface area contributed by atoms with E-state index in [0.29, 0.717) is 0 Å². The molecule has 0 spiro atoms. The number of hydrogen-bond donors (Lipinski definition) is 1. The molecule has 0 saturated carbocycles. The summed E-state index contributed by atoms with van der Waals surface area (Å²) in [4.78, 5) is 19.3. The first kappa shape index (κ1) is 14.0. The number of carbonyl (C=O) groups excluding carboxylic acids is 1. The maximum absolute atomic E-state index is 12.8. The molecular weight excluding hydrogens is 262 g/mol. The van der Waals surface area contributed by atoms with Gasteiger partial charge in [0.15, 0.2) is 0 Å². The van der Waals surface area contributed by atoms with E-state index in [0.717, 1.165) is 54.8 Å². The molecule has 1 N–H and O–H groups in total. The van der Waals surface area contributed by atoms with E-state index in [1.165, 1.54) is 5.56 Å². The third-order valence-corrected chi connectivity index (χ3v) is 4.04. The molecule has 4 nitrogen and oxygen atoms in total. The van der Waals surface area contributed by atoms with E-state index in [1.807, 2.05) is 24.0 Å². The Balaban J connectivity index is 2.08. The standard InChI is InChI=1S/C17H21N3O/c1-3-13-4-5-16-14(11-13)15(10-12(2)19-16)17(21)20-8-6-18-7-9-20/h4-5,10-11,18H,3,6-9H2,1-2H3. The summed E-state index contributed by atoms with van der Waals surface area (Å²) in [6.45, 7) is 7.36. The second-order valence-corrected chi connectivity index (χ2v) is 5.56. The molecule has 0 atom stereocenters. The molecule has 1 aliphatic heterocycles. The fourth-order valence-electron chi connectivity index (χ4n) is 2.84. The molecule has 1 aromatic heterocycles. The summed E-state index contributed by atoms with van der Waals surface area (Å²) in [6.07, 6.45) is 0.963. The van der Waals surface area contributed by atoms with Crippen molar-refractivity contribution in [1.82, 2.24) is 15.2 Å². The molecule has 3 rings (SSSR count). The number of nitrogens with zero attached hydrogens (tertiary/aromatic N) is 2. The molecular formula is C17H21N3O. The van der Waals surface area contributed by atoms with Gasteiger partial charge in [0, 0.05) is 37.3 Å². The Bertz CT molecular complexity index is 675. The zero-order valence-corrected chi connectivity index (χ0v) is 12.6. The van der Waals surface area contributed by atoms with Gasteiger partial charge in [-0.25, -0.2) is 0 Å². The van der Waals surface area contributed by atoms with Crippen molar-refractivity contribution in [3.63, 3.8) is 0 Å². The second-order valence-electron chi connectivity index (χ2n) is 5.56. The molecule has 1 aliphatic rings. The van der Waals surface area contributed by atoms with Gasteiger partial charge in [-0.05, 0) is 37.1 Å².